The van der Waals surface area contributed by atoms with Crippen LogP contribution in [-0.4, -0.2) is 16.1 Å². The number of halogens is 1. The van der Waals surface area contributed by atoms with Gasteiger partial charge in [0.2, 0.25) is 0 Å². The normalized spacial score (nSPS) is 10.6. The number of nitrogens with zero attached hydrogens (tertiary/aromatic N) is 2. The zero-order chi connectivity index (χ0) is 8.97. The molecule has 0 atom stereocenters. The van der Waals surface area contributed by atoms with Gasteiger partial charge in [0.05, 0.1) is 6.54 Å². The van der Waals surface area contributed by atoms with E-state index in [4.69, 9.17) is 0 Å². The van der Waals surface area contributed by atoms with E-state index in [9.17, 15) is 0 Å². The van der Waals surface area contributed by atoms with E-state index in [0.29, 0.717) is 0 Å². The van der Waals surface area contributed by atoms with Gasteiger partial charge < -0.3 is 9.88 Å². The molecule has 4 heteroatoms. The highest BCUT2D eigenvalue weighted by atomic mass is 79.9. The summed E-state index contributed by atoms with van der Waals surface area (Å²) < 4.78 is 3.05. The van der Waals surface area contributed by atoms with Gasteiger partial charge in [-0.25, -0.2) is 4.98 Å². The Kier molecular flexibility index (Phi) is 3.75. The third kappa shape index (κ3) is 2.32. The van der Waals surface area contributed by atoms with Crippen molar-refractivity contribution in [2.45, 2.75) is 26.9 Å². The fourth-order valence-corrected chi connectivity index (χ4v) is 1.52. The number of nitrogens with one attached hydrogen (secondary N) is 1. The Hall–Kier alpha value is -0.350. The molecule has 0 spiro atoms. The number of imidazole rings is 1. The molecule has 0 aliphatic heterocycles. The topological polar surface area (TPSA) is 29.9 Å². The maximum absolute atomic E-state index is 4.34. The fourth-order valence-electron chi connectivity index (χ4n) is 1.07. The molecule has 1 aromatic heterocycles. The van der Waals surface area contributed by atoms with Crippen LogP contribution >= 0.6 is 15.9 Å². The van der Waals surface area contributed by atoms with Gasteiger partial charge in [0, 0.05) is 12.7 Å². The van der Waals surface area contributed by atoms with Crippen LogP contribution in [0, 0.1) is 0 Å². The molecule has 68 valence electrons. The van der Waals surface area contributed by atoms with Crippen molar-refractivity contribution < 1.29 is 0 Å². The monoisotopic (exact) mass is 231 g/mol. The molecular formula is C8H14BrN3. The van der Waals surface area contributed by atoms with Crippen molar-refractivity contribution in [3.63, 3.8) is 0 Å². The number of aryl methyl sites for hydroxylation is 1. The second kappa shape index (κ2) is 4.62. The number of rotatable bonds is 4. The summed E-state index contributed by atoms with van der Waals surface area (Å²) in [6, 6.07) is 0. The highest BCUT2D eigenvalue weighted by Crippen LogP contribution is 2.09. The van der Waals surface area contributed by atoms with Crippen LogP contribution in [0.25, 0.3) is 0 Å². The van der Waals surface area contributed by atoms with Gasteiger partial charge in [-0.3, -0.25) is 0 Å². The molecule has 0 saturated carbocycles. The standard InChI is InChI=1S/C8H14BrN3/c1-3-10-5-8-11-7(9)6-12(8)4-2/h6,10H,3-5H2,1-2H3. The van der Waals surface area contributed by atoms with Crippen molar-refractivity contribution in [3.8, 4) is 0 Å². The molecule has 0 fully saturated rings. The van der Waals surface area contributed by atoms with Crippen LogP contribution in [0.4, 0.5) is 0 Å². The lowest BCUT2D eigenvalue weighted by Gasteiger charge is -2.03. The molecule has 0 radical (unpaired) electrons. The third-order valence-corrected chi connectivity index (χ3v) is 2.09. The van der Waals surface area contributed by atoms with Crippen molar-refractivity contribution in [1.82, 2.24) is 14.9 Å². The average Bonchev–Trinajstić information content (AvgIpc) is 2.42. The number of hydrogen-bond acceptors (Lipinski definition) is 2. The van der Waals surface area contributed by atoms with E-state index < -0.39 is 0 Å². The highest BCUT2D eigenvalue weighted by Gasteiger charge is 2.02. The van der Waals surface area contributed by atoms with Gasteiger partial charge in [0.25, 0.3) is 0 Å². The Labute approximate surface area is 81.3 Å². The number of hydrogen-bond donors (Lipinski definition) is 1. The average molecular weight is 232 g/mol. The van der Waals surface area contributed by atoms with Crippen LogP contribution in [0.15, 0.2) is 10.8 Å². The molecule has 3 nitrogen and oxygen atoms in total. The summed E-state index contributed by atoms with van der Waals surface area (Å²) in [6.45, 7) is 7.00. The second-order valence-electron chi connectivity index (χ2n) is 2.55. The summed E-state index contributed by atoms with van der Waals surface area (Å²) in [5, 5.41) is 3.25. The Morgan fingerprint density at radius 1 is 1.58 bits per heavy atom. The molecule has 0 saturated heterocycles. The molecule has 0 unspecified atom stereocenters. The summed E-state index contributed by atoms with van der Waals surface area (Å²) >= 11 is 3.36. The van der Waals surface area contributed by atoms with Crippen molar-refractivity contribution in [2.75, 3.05) is 6.54 Å². The molecule has 0 aromatic carbocycles. The molecule has 1 rings (SSSR count). The summed E-state index contributed by atoms with van der Waals surface area (Å²) in [5.41, 5.74) is 0. The van der Waals surface area contributed by atoms with Crippen LogP contribution in [0.2, 0.25) is 0 Å². The Morgan fingerprint density at radius 3 is 2.92 bits per heavy atom. The zero-order valence-electron chi connectivity index (χ0n) is 7.47. The molecule has 0 aliphatic rings. The fraction of sp³-hybridized carbons (Fsp3) is 0.625. The van der Waals surface area contributed by atoms with Crippen LogP contribution in [0.5, 0.6) is 0 Å². The van der Waals surface area contributed by atoms with Gasteiger partial charge in [-0.2, -0.15) is 0 Å². The van der Waals surface area contributed by atoms with Crippen molar-refractivity contribution in [1.29, 1.82) is 0 Å². The second-order valence-corrected chi connectivity index (χ2v) is 3.36. The molecule has 12 heavy (non-hydrogen) atoms. The Bertz CT molecular complexity index is 244. The molecule has 0 amide bonds. The van der Waals surface area contributed by atoms with Gasteiger partial charge in [-0.05, 0) is 29.4 Å². The van der Waals surface area contributed by atoms with Gasteiger partial charge >= 0.3 is 0 Å². The minimum absolute atomic E-state index is 0.843. The van der Waals surface area contributed by atoms with E-state index in [-0.39, 0.29) is 0 Å². The maximum Gasteiger partial charge on any atom is 0.124 e. The summed E-state index contributed by atoms with van der Waals surface area (Å²) in [4.78, 5) is 4.34. The largest absolute Gasteiger partial charge is 0.333 e. The smallest absolute Gasteiger partial charge is 0.124 e. The van der Waals surface area contributed by atoms with E-state index in [1.807, 2.05) is 6.20 Å². The predicted octanol–water partition coefficient (Wildman–Crippen LogP) is 1.77. The van der Waals surface area contributed by atoms with E-state index in [1.54, 1.807) is 0 Å². The van der Waals surface area contributed by atoms with Crippen molar-refractivity contribution in [3.05, 3.63) is 16.6 Å². The van der Waals surface area contributed by atoms with E-state index in [0.717, 1.165) is 30.1 Å². The van der Waals surface area contributed by atoms with E-state index in [1.165, 1.54) is 0 Å². The highest BCUT2D eigenvalue weighted by molar-refractivity contribution is 9.10. The van der Waals surface area contributed by atoms with Crippen LogP contribution < -0.4 is 5.32 Å². The lowest BCUT2D eigenvalue weighted by atomic mass is 10.5. The van der Waals surface area contributed by atoms with Crippen LogP contribution in [0.3, 0.4) is 0 Å². The van der Waals surface area contributed by atoms with Gasteiger partial charge in [0.15, 0.2) is 0 Å². The van der Waals surface area contributed by atoms with Crippen LogP contribution in [0.1, 0.15) is 19.7 Å². The lowest BCUT2D eigenvalue weighted by molar-refractivity contribution is 0.628. The van der Waals surface area contributed by atoms with Crippen molar-refractivity contribution in [2.24, 2.45) is 0 Å². The Morgan fingerprint density at radius 2 is 2.33 bits per heavy atom. The molecule has 0 aliphatic carbocycles. The SMILES string of the molecule is CCNCc1nc(Br)cn1CC. The van der Waals surface area contributed by atoms with Gasteiger partial charge in [0.1, 0.15) is 10.4 Å². The Balaban J connectivity index is 2.68. The predicted molar refractivity (Wildman–Crippen MR) is 53.0 cm³/mol. The summed E-state index contributed by atoms with van der Waals surface area (Å²) in [7, 11) is 0. The molecular weight excluding hydrogens is 218 g/mol. The minimum atomic E-state index is 0.843. The molecule has 1 N–H and O–H groups in total. The molecule has 0 bridgehead atoms. The summed E-state index contributed by atoms with van der Waals surface area (Å²) in [5.74, 6) is 1.09. The first-order chi connectivity index (χ1) is 5.77. The third-order valence-electron chi connectivity index (χ3n) is 1.70. The van der Waals surface area contributed by atoms with Crippen molar-refractivity contribution >= 4 is 15.9 Å². The van der Waals surface area contributed by atoms with Gasteiger partial charge in [-0.1, -0.05) is 6.92 Å². The maximum atomic E-state index is 4.34. The van der Waals surface area contributed by atoms with Crippen LogP contribution in [-0.2, 0) is 13.1 Å². The lowest BCUT2D eigenvalue weighted by Crippen LogP contribution is -2.15. The quantitative estimate of drug-likeness (QED) is 0.857. The first-order valence-electron chi connectivity index (χ1n) is 4.20. The number of aromatic nitrogens is 2. The zero-order valence-corrected chi connectivity index (χ0v) is 9.06. The first kappa shape index (κ1) is 9.74. The molecule has 1 aromatic rings. The first-order valence-corrected chi connectivity index (χ1v) is 4.99. The minimum Gasteiger partial charge on any atom is -0.333 e. The van der Waals surface area contributed by atoms with E-state index >= 15 is 0 Å². The molecule has 1 heterocycles. The van der Waals surface area contributed by atoms with E-state index in [2.05, 4.69) is 44.6 Å². The van der Waals surface area contributed by atoms with Gasteiger partial charge in [-0.15, -0.1) is 0 Å². The summed E-state index contributed by atoms with van der Waals surface area (Å²) in [6.07, 6.45) is 2.01.